The molecule has 0 saturated heterocycles. The summed E-state index contributed by atoms with van der Waals surface area (Å²) in [5.41, 5.74) is 1.04. The van der Waals surface area contributed by atoms with Crippen LogP contribution < -0.4 is 20.1 Å². The molecule has 0 bridgehead atoms. The van der Waals surface area contributed by atoms with Crippen molar-refractivity contribution in [3.8, 4) is 11.5 Å². The van der Waals surface area contributed by atoms with Gasteiger partial charge < -0.3 is 20.1 Å². The Balaban J connectivity index is 1.84. The number of rotatable bonds is 12. The summed E-state index contributed by atoms with van der Waals surface area (Å²) >= 11 is 0. The molecule has 0 heterocycles. The maximum Gasteiger partial charge on any atom is 0.191 e. The predicted molar refractivity (Wildman–Crippen MR) is 118 cm³/mol. The first-order chi connectivity index (χ1) is 13.8. The van der Waals surface area contributed by atoms with E-state index in [1.807, 2.05) is 26.0 Å². The number of methoxy groups -OCH3 is 1. The van der Waals surface area contributed by atoms with Gasteiger partial charge in [-0.15, -0.1) is 0 Å². The SMILES string of the molecule is CCNC(=NCC1(CS(C)(=O)=O)CC1)NCCCc1ccc(OC)c(OCC)c1. The number of aliphatic imine (C=N–C) groups is 1. The van der Waals surface area contributed by atoms with Crippen molar-refractivity contribution in [2.75, 3.05) is 45.4 Å². The first-order valence-electron chi connectivity index (χ1n) is 10.3. The minimum atomic E-state index is -2.97. The van der Waals surface area contributed by atoms with Gasteiger partial charge in [-0.3, -0.25) is 4.99 Å². The van der Waals surface area contributed by atoms with E-state index < -0.39 is 9.84 Å². The molecule has 1 aromatic rings. The van der Waals surface area contributed by atoms with E-state index in [1.165, 1.54) is 11.8 Å². The molecule has 0 aliphatic heterocycles. The highest BCUT2D eigenvalue weighted by atomic mass is 32.2. The largest absolute Gasteiger partial charge is 0.493 e. The fourth-order valence-corrected chi connectivity index (χ4v) is 4.81. The zero-order valence-corrected chi connectivity index (χ0v) is 18.9. The highest BCUT2D eigenvalue weighted by molar-refractivity contribution is 7.90. The molecule has 2 rings (SSSR count). The lowest BCUT2D eigenvalue weighted by Crippen LogP contribution is -2.38. The van der Waals surface area contributed by atoms with Gasteiger partial charge in [0.25, 0.3) is 0 Å². The number of guanidine groups is 1. The number of hydrogen-bond donors (Lipinski definition) is 2. The van der Waals surface area contributed by atoms with Gasteiger partial charge >= 0.3 is 0 Å². The Labute approximate surface area is 175 Å². The van der Waals surface area contributed by atoms with Crippen LogP contribution in [0.15, 0.2) is 23.2 Å². The van der Waals surface area contributed by atoms with Crippen molar-refractivity contribution in [1.29, 1.82) is 0 Å². The Bertz CT molecular complexity index is 789. The quantitative estimate of drug-likeness (QED) is 0.304. The van der Waals surface area contributed by atoms with Crippen molar-refractivity contribution >= 4 is 15.8 Å². The molecular weight excluding hydrogens is 390 g/mol. The lowest BCUT2D eigenvalue weighted by atomic mass is 10.1. The molecule has 0 aromatic heterocycles. The monoisotopic (exact) mass is 425 g/mol. The van der Waals surface area contributed by atoms with E-state index in [-0.39, 0.29) is 11.2 Å². The summed E-state index contributed by atoms with van der Waals surface area (Å²) in [4.78, 5) is 4.63. The third-order valence-corrected chi connectivity index (χ3v) is 6.04. The van der Waals surface area contributed by atoms with Crippen molar-refractivity contribution in [2.45, 2.75) is 39.5 Å². The Hall–Kier alpha value is -1.96. The van der Waals surface area contributed by atoms with Crippen LogP contribution >= 0.6 is 0 Å². The van der Waals surface area contributed by atoms with Crippen molar-refractivity contribution in [3.05, 3.63) is 23.8 Å². The molecule has 1 fully saturated rings. The van der Waals surface area contributed by atoms with Crippen LogP contribution in [0.1, 0.15) is 38.7 Å². The van der Waals surface area contributed by atoms with Gasteiger partial charge in [0.05, 0.1) is 19.5 Å². The Morgan fingerprint density at radius 1 is 1.21 bits per heavy atom. The molecule has 8 heteroatoms. The maximum atomic E-state index is 11.6. The third kappa shape index (κ3) is 8.12. The number of nitrogens with zero attached hydrogens (tertiary/aromatic N) is 1. The molecule has 0 radical (unpaired) electrons. The second-order valence-electron chi connectivity index (χ2n) is 7.71. The van der Waals surface area contributed by atoms with Gasteiger partial charge in [-0.2, -0.15) is 0 Å². The Morgan fingerprint density at radius 2 is 1.97 bits per heavy atom. The van der Waals surface area contributed by atoms with Crippen LogP contribution in [-0.2, 0) is 16.3 Å². The van der Waals surface area contributed by atoms with Crippen molar-refractivity contribution in [1.82, 2.24) is 10.6 Å². The molecule has 164 valence electrons. The molecule has 0 spiro atoms. The van der Waals surface area contributed by atoms with Crippen LogP contribution in [0.4, 0.5) is 0 Å². The Morgan fingerprint density at radius 3 is 2.55 bits per heavy atom. The highest BCUT2D eigenvalue weighted by Gasteiger charge is 2.45. The summed E-state index contributed by atoms with van der Waals surface area (Å²) < 4.78 is 34.2. The number of hydrogen-bond acceptors (Lipinski definition) is 5. The average Bonchev–Trinajstić information content (AvgIpc) is 3.41. The normalized spacial score (nSPS) is 15.7. The summed E-state index contributed by atoms with van der Waals surface area (Å²) in [6.07, 6.45) is 5.02. The van der Waals surface area contributed by atoms with Gasteiger partial charge in [-0.05, 0) is 57.2 Å². The third-order valence-electron chi connectivity index (χ3n) is 4.90. The first-order valence-corrected chi connectivity index (χ1v) is 12.4. The lowest BCUT2D eigenvalue weighted by molar-refractivity contribution is 0.310. The van der Waals surface area contributed by atoms with Crippen molar-refractivity contribution in [2.24, 2.45) is 10.4 Å². The predicted octanol–water partition coefficient (Wildman–Crippen LogP) is 2.41. The fourth-order valence-electron chi connectivity index (χ4n) is 3.31. The number of ether oxygens (including phenoxy) is 2. The van der Waals surface area contributed by atoms with E-state index in [9.17, 15) is 8.42 Å². The molecule has 0 amide bonds. The van der Waals surface area contributed by atoms with E-state index >= 15 is 0 Å². The van der Waals surface area contributed by atoms with Gasteiger partial charge in [0.2, 0.25) is 0 Å². The topological polar surface area (TPSA) is 89.0 Å². The summed E-state index contributed by atoms with van der Waals surface area (Å²) in [5, 5.41) is 6.59. The van der Waals surface area contributed by atoms with Crippen LogP contribution in [0, 0.1) is 5.41 Å². The van der Waals surface area contributed by atoms with Crippen molar-refractivity contribution < 1.29 is 17.9 Å². The van der Waals surface area contributed by atoms with Crippen LogP contribution in [0.3, 0.4) is 0 Å². The van der Waals surface area contributed by atoms with E-state index in [0.717, 1.165) is 56.2 Å². The van der Waals surface area contributed by atoms with Crippen LogP contribution in [0.25, 0.3) is 0 Å². The van der Waals surface area contributed by atoms with Gasteiger partial charge in [0.1, 0.15) is 9.84 Å². The fraction of sp³-hybridized carbons (Fsp3) is 0.667. The molecule has 1 aliphatic carbocycles. The summed E-state index contributed by atoms with van der Waals surface area (Å²) in [7, 11) is -1.33. The molecule has 1 saturated carbocycles. The molecule has 1 aromatic carbocycles. The van der Waals surface area contributed by atoms with E-state index in [4.69, 9.17) is 9.47 Å². The smallest absolute Gasteiger partial charge is 0.191 e. The molecule has 0 atom stereocenters. The van der Waals surface area contributed by atoms with Crippen molar-refractivity contribution in [3.63, 3.8) is 0 Å². The Kier molecular flexibility index (Phi) is 8.61. The van der Waals surface area contributed by atoms with Gasteiger partial charge in [-0.1, -0.05) is 6.07 Å². The standard InChI is InChI=1S/C21H35N3O4S/c1-5-22-20(24-15-21(11-12-21)16-29(4,25)26)23-13-7-8-17-9-10-18(27-3)19(14-17)28-6-2/h9-10,14H,5-8,11-13,15-16H2,1-4H3,(H2,22,23,24). The van der Waals surface area contributed by atoms with Crippen LogP contribution in [0.5, 0.6) is 11.5 Å². The van der Waals surface area contributed by atoms with Crippen LogP contribution in [-0.4, -0.2) is 59.7 Å². The van der Waals surface area contributed by atoms with E-state index in [1.54, 1.807) is 7.11 Å². The first kappa shape index (κ1) is 23.3. The number of aryl methyl sites for hydroxylation is 1. The molecule has 7 nitrogen and oxygen atoms in total. The maximum absolute atomic E-state index is 11.6. The number of nitrogens with one attached hydrogen (secondary N) is 2. The van der Waals surface area contributed by atoms with Gasteiger partial charge in [0, 0.05) is 31.3 Å². The van der Waals surface area contributed by atoms with Gasteiger partial charge in [0.15, 0.2) is 17.5 Å². The number of sulfone groups is 1. The summed E-state index contributed by atoms with van der Waals surface area (Å²) in [6.45, 7) is 6.67. The average molecular weight is 426 g/mol. The lowest BCUT2D eigenvalue weighted by Gasteiger charge is -2.15. The highest BCUT2D eigenvalue weighted by Crippen LogP contribution is 2.46. The zero-order valence-electron chi connectivity index (χ0n) is 18.1. The minimum Gasteiger partial charge on any atom is -0.493 e. The molecule has 1 aliphatic rings. The van der Waals surface area contributed by atoms with E-state index in [2.05, 4.69) is 21.7 Å². The molecule has 0 unspecified atom stereocenters. The van der Waals surface area contributed by atoms with E-state index in [0.29, 0.717) is 13.2 Å². The minimum absolute atomic E-state index is 0.158. The number of benzene rings is 1. The zero-order chi connectivity index (χ0) is 21.3. The van der Waals surface area contributed by atoms with Crippen LogP contribution in [0.2, 0.25) is 0 Å². The molecular formula is C21H35N3O4S. The summed E-state index contributed by atoms with van der Waals surface area (Å²) in [6, 6.07) is 6.03. The molecule has 2 N–H and O–H groups in total. The second-order valence-corrected chi connectivity index (χ2v) is 9.85. The second kappa shape index (κ2) is 10.7. The molecule has 29 heavy (non-hydrogen) atoms. The van der Waals surface area contributed by atoms with Gasteiger partial charge in [-0.25, -0.2) is 8.42 Å². The summed E-state index contributed by atoms with van der Waals surface area (Å²) in [5.74, 6) is 2.49.